The molecule has 1 aliphatic heterocycles. The van der Waals surface area contributed by atoms with E-state index in [4.69, 9.17) is 5.26 Å². The third-order valence-corrected chi connectivity index (χ3v) is 4.09. The molecule has 1 N–H and O–H groups in total. The van der Waals surface area contributed by atoms with Crippen LogP contribution in [-0.4, -0.2) is 61.2 Å². The van der Waals surface area contributed by atoms with Gasteiger partial charge in [0.2, 0.25) is 0 Å². The van der Waals surface area contributed by atoms with Gasteiger partial charge in [0.25, 0.3) is 0 Å². The van der Waals surface area contributed by atoms with Crippen molar-refractivity contribution in [2.45, 2.75) is 58.2 Å². The van der Waals surface area contributed by atoms with Crippen molar-refractivity contribution >= 4 is 0 Å². The molecule has 0 spiro atoms. The summed E-state index contributed by atoms with van der Waals surface area (Å²) in [5.41, 5.74) is 0. The first-order valence-corrected chi connectivity index (χ1v) is 7.65. The van der Waals surface area contributed by atoms with E-state index in [1.807, 2.05) is 0 Å². The lowest BCUT2D eigenvalue weighted by Gasteiger charge is -2.36. The predicted octanol–water partition coefficient (Wildman–Crippen LogP) is 1.68. The van der Waals surface area contributed by atoms with Crippen molar-refractivity contribution in [3.63, 3.8) is 0 Å². The van der Waals surface area contributed by atoms with Crippen LogP contribution in [0.1, 0.15) is 40.0 Å². The first-order valence-electron chi connectivity index (χ1n) is 7.65. The zero-order chi connectivity index (χ0) is 14.3. The fourth-order valence-corrected chi connectivity index (χ4v) is 2.78. The molecule has 110 valence electrons. The minimum atomic E-state index is -0.0156. The van der Waals surface area contributed by atoms with Gasteiger partial charge in [-0.1, -0.05) is 6.92 Å². The van der Waals surface area contributed by atoms with Gasteiger partial charge in [-0.2, -0.15) is 5.26 Å². The number of nitrogens with one attached hydrogen (secondary N) is 1. The number of likely N-dealkylation sites (tertiary alicyclic amines) is 1. The second kappa shape index (κ2) is 8.52. The summed E-state index contributed by atoms with van der Waals surface area (Å²) in [5, 5.41) is 12.4. The molecule has 1 saturated heterocycles. The van der Waals surface area contributed by atoms with E-state index < -0.39 is 0 Å². The Balaban J connectivity index is 2.27. The molecule has 4 nitrogen and oxygen atoms in total. The van der Waals surface area contributed by atoms with Gasteiger partial charge in [0.1, 0.15) is 0 Å². The highest BCUT2D eigenvalue weighted by atomic mass is 15.2. The number of piperidine rings is 1. The fraction of sp³-hybridized carbons (Fsp3) is 0.933. The Morgan fingerprint density at radius 2 is 2.00 bits per heavy atom. The van der Waals surface area contributed by atoms with Crippen molar-refractivity contribution in [2.24, 2.45) is 0 Å². The lowest BCUT2D eigenvalue weighted by Crippen LogP contribution is -2.44. The van der Waals surface area contributed by atoms with Crippen LogP contribution in [0.2, 0.25) is 0 Å². The SMILES string of the molecule is CCN1CCC(N(C)CCC(C#N)NC(C)C)CC1. The van der Waals surface area contributed by atoms with E-state index in [0.29, 0.717) is 12.1 Å². The van der Waals surface area contributed by atoms with Gasteiger partial charge in [-0.25, -0.2) is 0 Å². The molecule has 1 rings (SSSR count). The Bertz CT molecular complexity index is 276. The lowest BCUT2D eigenvalue weighted by atomic mass is 10.0. The molecule has 1 heterocycles. The van der Waals surface area contributed by atoms with E-state index in [2.05, 4.69) is 49.0 Å². The van der Waals surface area contributed by atoms with Crippen LogP contribution >= 0.6 is 0 Å². The number of hydrogen-bond donors (Lipinski definition) is 1. The lowest BCUT2D eigenvalue weighted by molar-refractivity contribution is 0.129. The third kappa shape index (κ3) is 5.90. The van der Waals surface area contributed by atoms with E-state index in [1.165, 1.54) is 32.5 Å². The van der Waals surface area contributed by atoms with Crippen LogP contribution in [0.3, 0.4) is 0 Å². The van der Waals surface area contributed by atoms with E-state index >= 15 is 0 Å². The summed E-state index contributed by atoms with van der Waals surface area (Å²) in [7, 11) is 2.20. The van der Waals surface area contributed by atoms with Crippen molar-refractivity contribution in [3.05, 3.63) is 0 Å². The van der Waals surface area contributed by atoms with Crippen molar-refractivity contribution in [3.8, 4) is 6.07 Å². The van der Waals surface area contributed by atoms with Crippen molar-refractivity contribution in [1.82, 2.24) is 15.1 Å². The molecule has 0 aliphatic carbocycles. The highest BCUT2D eigenvalue weighted by Crippen LogP contribution is 2.15. The highest BCUT2D eigenvalue weighted by molar-refractivity contribution is 4.91. The second-order valence-electron chi connectivity index (χ2n) is 5.94. The Labute approximate surface area is 118 Å². The van der Waals surface area contributed by atoms with Gasteiger partial charge < -0.3 is 9.80 Å². The topological polar surface area (TPSA) is 42.3 Å². The fourth-order valence-electron chi connectivity index (χ4n) is 2.78. The summed E-state index contributed by atoms with van der Waals surface area (Å²) >= 11 is 0. The number of nitrogens with zero attached hydrogens (tertiary/aromatic N) is 3. The van der Waals surface area contributed by atoms with E-state index in [-0.39, 0.29) is 6.04 Å². The van der Waals surface area contributed by atoms with Gasteiger partial charge in [0, 0.05) is 18.6 Å². The average molecular weight is 266 g/mol. The monoisotopic (exact) mass is 266 g/mol. The standard InChI is InChI=1S/C15H30N4/c1-5-19-10-7-15(8-11-19)18(4)9-6-14(12-16)17-13(2)3/h13-15,17H,5-11H2,1-4H3. The average Bonchev–Trinajstić information content (AvgIpc) is 2.42. The maximum atomic E-state index is 9.13. The minimum absolute atomic E-state index is 0.0156. The van der Waals surface area contributed by atoms with Crippen LogP contribution in [0.4, 0.5) is 0 Å². The number of hydrogen-bond acceptors (Lipinski definition) is 4. The summed E-state index contributed by atoms with van der Waals surface area (Å²) < 4.78 is 0. The second-order valence-corrected chi connectivity index (χ2v) is 5.94. The number of nitriles is 1. The van der Waals surface area contributed by atoms with Crippen molar-refractivity contribution in [1.29, 1.82) is 5.26 Å². The Morgan fingerprint density at radius 3 is 2.47 bits per heavy atom. The van der Waals surface area contributed by atoms with Crippen LogP contribution in [0, 0.1) is 11.3 Å². The molecule has 0 aromatic rings. The molecular formula is C15H30N4. The smallest absolute Gasteiger partial charge is 0.0967 e. The molecule has 0 aromatic carbocycles. The summed E-state index contributed by atoms with van der Waals surface area (Å²) in [6.45, 7) is 11.0. The molecule has 19 heavy (non-hydrogen) atoms. The predicted molar refractivity (Wildman–Crippen MR) is 80.1 cm³/mol. The van der Waals surface area contributed by atoms with Gasteiger partial charge in [0.15, 0.2) is 0 Å². The van der Waals surface area contributed by atoms with Crippen LogP contribution in [-0.2, 0) is 0 Å². The molecule has 1 atom stereocenters. The quantitative estimate of drug-likeness (QED) is 0.761. The van der Waals surface area contributed by atoms with Gasteiger partial charge in [0.05, 0.1) is 12.1 Å². The molecule has 1 fully saturated rings. The van der Waals surface area contributed by atoms with Crippen LogP contribution < -0.4 is 5.32 Å². The Kier molecular flexibility index (Phi) is 7.37. The first-order chi connectivity index (χ1) is 9.06. The van der Waals surface area contributed by atoms with Gasteiger partial charge in [-0.15, -0.1) is 0 Å². The van der Waals surface area contributed by atoms with Gasteiger partial charge in [-0.3, -0.25) is 5.32 Å². The van der Waals surface area contributed by atoms with Crippen LogP contribution in [0.5, 0.6) is 0 Å². The van der Waals surface area contributed by atoms with Gasteiger partial charge >= 0.3 is 0 Å². The normalized spacial score (nSPS) is 19.8. The van der Waals surface area contributed by atoms with E-state index in [9.17, 15) is 0 Å². The molecule has 1 unspecified atom stereocenters. The van der Waals surface area contributed by atoms with Gasteiger partial charge in [-0.05, 0) is 59.8 Å². The van der Waals surface area contributed by atoms with E-state index in [0.717, 1.165) is 13.0 Å². The molecule has 0 aromatic heterocycles. The summed E-state index contributed by atoms with van der Waals surface area (Å²) in [4.78, 5) is 4.96. The zero-order valence-corrected chi connectivity index (χ0v) is 13.0. The molecule has 4 heteroatoms. The largest absolute Gasteiger partial charge is 0.303 e. The molecule has 0 bridgehead atoms. The number of rotatable bonds is 7. The molecule has 0 amide bonds. The highest BCUT2D eigenvalue weighted by Gasteiger charge is 2.22. The Morgan fingerprint density at radius 1 is 1.37 bits per heavy atom. The molecular weight excluding hydrogens is 236 g/mol. The summed E-state index contributed by atoms with van der Waals surface area (Å²) in [6, 6.07) is 3.42. The maximum Gasteiger partial charge on any atom is 0.0967 e. The molecule has 0 radical (unpaired) electrons. The molecule has 0 saturated carbocycles. The Hall–Kier alpha value is -0.630. The van der Waals surface area contributed by atoms with Crippen LogP contribution in [0.15, 0.2) is 0 Å². The first kappa shape index (κ1) is 16.4. The van der Waals surface area contributed by atoms with Crippen molar-refractivity contribution < 1.29 is 0 Å². The third-order valence-electron chi connectivity index (χ3n) is 4.09. The van der Waals surface area contributed by atoms with Crippen molar-refractivity contribution in [2.75, 3.05) is 33.2 Å². The summed E-state index contributed by atoms with van der Waals surface area (Å²) in [5.74, 6) is 0. The maximum absolute atomic E-state index is 9.13. The summed E-state index contributed by atoms with van der Waals surface area (Å²) in [6.07, 6.45) is 3.44. The zero-order valence-electron chi connectivity index (χ0n) is 13.0. The minimum Gasteiger partial charge on any atom is -0.303 e. The van der Waals surface area contributed by atoms with Crippen LogP contribution in [0.25, 0.3) is 0 Å². The molecule has 1 aliphatic rings. The van der Waals surface area contributed by atoms with E-state index in [1.54, 1.807) is 0 Å².